The molecule has 0 saturated heterocycles. The van der Waals surface area contributed by atoms with Crippen molar-refractivity contribution in [2.45, 2.75) is 45.4 Å². The Hall–Kier alpha value is -1.93. The van der Waals surface area contributed by atoms with Crippen LogP contribution in [0.4, 0.5) is 11.8 Å². The van der Waals surface area contributed by atoms with Gasteiger partial charge in [-0.3, -0.25) is 0 Å². The molecule has 0 unspecified atom stereocenters. The molecule has 2 aromatic rings. The lowest BCUT2D eigenvalue weighted by molar-refractivity contribution is 0.284. The maximum Gasteiger partial charge on any atom is 0.225 e. The largest absolute Gasteiger partial charge is 0.362 e. The fraction of sp³-hybridized carbons (Fsp3) is 0.636. The predicted molar refractivity (Wildman–Crippen MR) is 125 cm³/mol. The molecule has 0 radical (unpaired) electrons. The van der Waals surface area contributed by atoms with Gasteiger partial charge in [-0.1, -0.05) is 25.5 Å². The van der Waals surface area contributed by atoms with Crippen molar-refractivity contribution in [2.24, 2.45) is 11.8 Å². The molecule has 8 heteroatoms. The van der Waals surface area contributed by atoms with Gasteiger partial charge in [-0.2, -0.15) is 4.98 Å². The van der Waals surface area contributed by atoms with Gasteiger partial charge < -0.3 is 10.2 Å². The summed E-state index contributed by atoms with van der Waals surface area (Å²) in [5.74, 6) is 2.83. The zero-order valence-electron chi connectivity index (χ0n) is 18.4. The molecule has 0 bridgehead atoms. The molecule has 1 saturated carbocycles. The SMILES string of the molecule is CCCCS(=O)(=O)NC[C@H]1CC[C@H](CNc2nc(N(C)C)c3ccccc3n2)CC1. The molecule has 1 aromatic carbocycles. The average molecular weight is 434 g/mol. The number of hydrogen-bond acceptors (Lipinski definition) is 6. The van der Waals surface area contributed by atoms with Gasteiger partial charge >= 0.3 is 0 Å². The molecule has 1 fully saturated rings. The Labute approximate surface area is 180 Å². The molecular formula is C22H35N5O2S. The third-order valence-electron chi connectivity index (χ3n) is 5.88. The number of nitrogens with one attached hydrogen (secondary N) is 2. The molecule has 30 heavy (non-hydrogen) atoms. The van der Waals surface area contributed by atoms with E-state index in [-0.39, 0.29) is 5.75 Å². The topological polar surface area (TPSA) is 87.2 Å². The van der Waals surface area contributed by atoms with Crippen LogP contribution in [-0.4, -0.2) is 51.3 Å². The van der Waals surface area contributed by atoms with Crippen LogP contribution in [0.2, 0.25) is 0 Å². The van der Waals surface area contributed by atoms with E-state index in [0.29, 0.717) is 24.3 Å². The summed E-state index contributed by atoms with van der Waals surface area (Å²) < 4.78 is 26.8. The Morgan fingerprint density at radius 2 is 1.70 bits per heavy atom. The number of rotatable bonds is 10. The molecule has 3 rings (SSSR count). The van der Waals surface area contributed by atoms with Crippen molar-refractivity contribution in [3.8, 4) is 0 Å². The lowest BCUT2D eigenvalue weighted by Crippen LogP contribution is -2.33. The summed E-state index contributed by atoms with van der Waals surface area (Å²) in [4.78, 5) is 11.4. The quantitative estimate of drug-likeness (QED) is 0.595. The van der Waals surface area contributed by atoms with Crippen molar-refractivity contribution in [1.29, 1.82) is 0 Å². The molecule has 2 N–H and O–H groups in total. The van der Waals surface area contributed by atoms with E-state index in [1.54, 1.807) is 0 Å². The second-order valence-electron chi connectivity index (χ2n) is 8.57. The number of hydrogen-bond donors (Lipinski definition) is 2. The summed E-state index contributed by atoms with van der Waals surface area (Å²) in [5.41, 5.74) is 0.942. The number of unbranched alkanes of at least 4 members (excludes halogenated alkanes) is 1. The van der Waals surface area contributed by atoms with E-state index >= 15 is 0 Å². The number of fused-ring (bicyclic) bond motifs is 1. The van der Waals surface area contributed by atoms with Gasteiger partial charge in [-0.05, 0) is 56.1 Å². The van der Waals surface area contributed by atoms with Crippen LogP contribution in [0.25, 0.3) is 10.9 Å². The first kappa shape index (κ1) is 22.7. The van der Waals surface area contributed by atoms with Crippen molar-refractivity contribution < 1.29 is 8.42 Å². The number of anilines is 2. The average Bonchev–Trinajstić information content (AvgIpc) is 2.75. The third-order valence-corrected chi connectivity index (χ3v) is 7.31. The van der Waals surface area contributed by atoms with E-state index in [4.69, 9.17) is 4.98 Å². The van der Waals surface area contributed by atoms with E-state index in [9.17, 15) is 8.42 Å². The van der Waals surface area contributed by atoms with Crippen LogP contribution in [0.3, 0.4) is 0 Å². The second kappa shape index (κ2) is 10.4. The van der Waals surface area contributed by atoms with Crippen molar-refractivity contribution >= 4 is 32.7 Å². The fourth-order valence-electron chi connectivity index (χ4n) is 4.01. The molecule has 1 heterocycles. The maximum absolute atomic E-state index is 12.0. The highest BCUT2D eigenvalue weighted by Crippen LogP contribution is 2.29. The fourth-order valence-corrected chi connectivity index (χ4v) is 5.31. The van der Waals surface area contributed by atoms with Gasteiger partial charge in [0.25, 0.3) is 0 Å². The number of sulfonamides is 1. The Morgan fingerprint density at radius 1 is 1.03 bits per heavy atom. The van der Waals surface area contributed by atoms with Gasteiger partial charge in [0.2, 0.25) is 16.0 Å². The number of benzene rings is 1. The van der Waals surface area contributed by atoms with E-state index in [2.05, 4.69) is 15.0 Å². The Kier molecular flexibility index (Phi) is 7.88. The summed E-state index contributed by atoms with van der Waals surface area (Å²) >= 11 is 0. The Balaban J connectivity index is 1.49. The normalized spacial score (nSPS) is 19.7. The lowest BCUT2D eigenvalue weighted by atomic mass is 9.82. The molecular weight excluding hydrogens is 398 g/mol. The molecule has 0 spiro atoms. The van der Waals surface area contributed by atoms with E-state index in [1.807, 2.05) is 50.2 Å². The van der Waals surface area contributed by atoms with Crippen molar-refractivity contribution in [1.82, 2.24) is 14.7 Å². The van der Waals surface area contributed by atoms with Crippen LogP contribution in [0.15, 0.2) is 24.3 Å². The third kappa shape index (κ3) is 6.28. The Morgan fingerprint density at radius 3 is 2.37 bits per heavy atom. The maximum atomic E-state index is 12.0. The zero-order chi connectivity index (χ0) is 21.6. The minimum atomic E-state index is -3.11. The first-order chi connectivity index (χ1) is 14.4. The number of aromatic nitrogens is 2. The molecule has 166 valence electrons. The monoisotopic (exact) mass is 433 g/mol. The van der Waals surface area contributed by atoms with Crippen LogP contribution in [0.5, 0.6) is 0 Å². The number of nitrogens with zero attached hydrogens (tertiary/aromatic N) is 3. The van der Waals surface area contributed by atoms with Crippen LogP contribution < -0.4 is 14.9 Å². The Bertz CT molecular complexity index is 924. The molecule has 7 nitrogen and oxygen atoms in total. The second-order valence-corrected chi connectivity index (χ2v) is 10.5. The molecule has 0 amide bonds. The van der Waals surface area contributed by atoms with E-state index in [0.717, 1.165) is 61.8 Å². The van der Waals surface area contributed by atoms with Crippen molar-refractivity contribution in [3.05, 3.63) is 24.3 Å². The van der Waals surface area contributed by atoms with Gasteiger partial charge in [0.05, 0.1) is 11.3 Å². The zero-order valence-corrected chi connectivity index (χ0v) is 19.2. The van der Waals surface area contributed by atoms with E-state index < -0.39 is 10.0 Å². The van der Waals surface area contributed by atoms with Gasteiger partial charge in [0.15, 0.2) is 0 Å². The first-order valence-corrected chi connectivity index (χ1v) is 12.7. The summed E-state index contributed by atoms with van der Waals surface area (Å²) in [6, 6.07) is 8.07. The van der Waals surface area contributed by atoms with Crippen LogP contribution in [0.1, 0.15) is 45.4 Å². The summed E-state index contributed by atoms with van der Waals surface area (Å²) in [7, 11) is 0.878. The lowest BCUT2D eigenvalue weighted by Gasteiger charge is -2.28. The standard InChI is InChI=1S/C22H35N5O2S/c1-4-5-14-30(28,29)24-16-18-12-10-17(11-13-18)15-23-22-25-20-9-7-6-8-19(20)21(26-22)27(2)3/h6-9,17-18,24H,4-5,10-16H2,1-3H3,(H,23,25,26)/t17-,18-. The van der Waals surface area contributed by atoms with Gasteiger partial charge in [-0.15, -0.1) is 0 Å². The highest BCUT2D eigenvalue weighted by molar-refractivity contribution is 7.89. The summed E-state index contributed by atoms with van der Waals surface area (Å²) in [5, 5.41) is 4.49. The first-order valence-electron chi connectivity index (χ1n) is 11.0. The smallest absolute Gasteiger partial charge is 0.225 e. The van der Waals surface area contributed by atoms with Crippen molar-refractivity contribution in [2.75, 3.05) is 43.2 Å². The molecule has 1 aliphatic carbocycles. The minimum Gasteiger partial charge on any atom is -0.362 e. The van der Waals surface area contributed by atoms with Crippen molar-refractivity contribution in [3.63, 3.8) is 0 Å². The predicted octanol–water partition coefficient (Wildman–Crippen LogP) is 3.63. The molecule has 1 aliphatic rings. The molecule has 1 aromatic heterocycles. The molecule has 0 aliphatic heterocycles. The summed E-state index contributed by atoms with van der Waals surface area (Å²) in [6.45, 7) is 3.43. The highest BCUT2D eigenvalue weighted by atomic mass is 32.2. The van der Waals surface area contributed by atoms with Crippen LogP contribution in [0, 0.1) is 11.8 Å². The minimum absolute atomic E-state index is 0.240. The highest BCUT2D eigenvalue weighted by Gasteiger charge is 2.23. The molecule has 0 atom stereocenters. The van der Waals surface area contributed by atoms with Gasteiger partial charge in [0, 0.05) is 32.6 Å². The number of para-hydroxylation sites is 1. The van der Waals surface area contributed by atoms with Gasteiger partial charge in [-0.25, -0.2) is 18.1 Å². The van der Waals surface area contributed by atoms with Crippen LogP contribution >= 0.6 is 0 Å². The van der Waals surface area contributed by atoms with Gasteiger partial charge in [0.1, 0.15) is 5.82 Å². The summed E-state index contributed by atoms with van der Waals surface area (Å²) in [6.07, 6.45) is 5.94. The van der Waals surface area contributed by atoms with E-state index in [1.165, 1.54) is 0 Å². The van der Waals surface area contributed by atoms with Crippen LogP contribution in [-0.2, 0) is 10.0 Å².